The molecule has 6 nitrogen and oxygen atoms in total. The lowest BCUT2D eigenvalue weighted by atomic mass is 10.2. The first-order chi connectivity index (χ1) is 9.61. The summed E-state index contributed by atoms with van der Waals surface area (Å²) in [4.78, 5) is 21.6. The van der Waals surface area contributed by atoms with Crippen LogP contribution in [-0.4, -0.2) is 30.3 Å². The molecule has 1 rings (SSSR count). The molecule has 0 saturated heterocycles. The highest BCUT2D eigenvalue weighted by Crippen LogP contribution is 2.12. The van der Waals surface area contributed by atoms with Gasteiger partial charge >= 0.3 is 12.0 Å². The molecule has 0 aromatic heterocycles. The van der Waals surface area contributed by atoms with Gasteiger partial charge in [-0.15, -0.1) is 0 Å². The fourth-order valence-electron chi connectivity index (χ4n) is 1.45. The Hall–Kier alpha value is -2.24. The molecule has 110 valence electrons. The summed E-state index contributed by atoms with van der Waals surface area (Å²) in [5.74, 6) is -0.130. The third kappa shape index (κ3) is 6.63. The first kappa shape index (κ1) is 15.8. The fourth-order valence-corrected chi connectivity index (χ4v) is 1.45. The number of carboxylic acid groups (broad SMARTS) is 1. The summed E-state index contributed by atoms with van der Waals surface area (Å²) in [6, 6.07) is 7.09. The Balaban J connectivity index is 2.27. The molecule has 0 bridgehead atoms. The Labute approximate surface area is 118 Å². The van der Waals surface area contributed by atoms with Gasteiger partial charge in [-0.3, -0.25) is 4.79 Å². The highest BCUT2D eigenvalue weighted by molar-refractivity contribution is 5.74. The number of hydrogen-bond donors (Lipinski definition) is 3. The van der Waals surface area contributed by atoms with Crippen molar-refractivity contribution in [3.8, 4) is 5.75 Å². The molecule has 0 spiro atoms. The van der Waals surface area contributed by atoms with Crippen molar-refractivity contribution in [1.29, 1.82) is 0 Å². The second-order valence-electron chi connectivity index (χ2n) is 4.25. The van der Waals surface area contributed by atoms with Gasteiger partial charge in [0.05, 0.1) is 13.0 Å². The molecule has 0 heterocycles. The number of aliphatic carboxylic acids is 1. The van der Waals surface area contributed by atoms with E-state index in [-0.39, 0.29) is 19.0 Å². The van der Waals surface area contributed by atoms with Gasteiger partial charge < -0.3 is 20.5 Å². The van der Waals surface area contributed by atoms with E-state index in [0.717, 1.165) is 17.7 Å². The van der Waals surface area contributed by atoms with Crippen molar-refractivity contribution in [2.75, 3.05) is 13.2 Å². The molecule has 0 aliphatic carbocycles. The summed E-state index contributed by atoms with van der Waals surface area (Å²) < 4.78 is 5.46. The molecule has 0 fully saturated rings. The van der Waals surface area contributed by atoms with Gasteiger partial charge in [-0.1, -0.05) is 19.1 Å². The number of rotatable bonds is 8. The van der Waals surface area contributed by atoms with E-state index in [1.807, 2.05) is 31.2 Å². The molecule has 0 radical (unpaired) electrons. The van der Waals surface area contributed by atoms with E-state index < -0.39 is 5.97 Å². The number of carbonyl (C=O) groups excluding carboxylic acids is 1. The molecule has 0 unspecified atom stereocenters. The largest absolute Gasteiger partial charge is 0.494 e. The highest BCUT2D eigenvalue weighted by Gasteiger charge is 2.02. The smallest absolute Gasteiger partial charge is 0.315 e. The molecule has 20 heavy (non-hydrogen) atoms. The van der Waals surface area contributed by atoms with E-state index in [1.165, 1.54) is 0 Å². The van der Waals surface area contributed by atoms with E-state index in [1.54, 1.807) is 0 Å². The lowest BCUT2D eigenvalue weighted by molar-refractivity contribution is -0.136. The number of urea groups is 1. The number of amides is 2. The molecule has 2 amide bonds. The second kappa shape index (κ2) is 8.79. The second-order valence-corrected chi connectivity index (χ2v) is 4.25. The Morgan fingerprint density at radius 1 is 1.20 bits per heavy atom. The average molecular weight is 280 g/mol. The van der Waals surface area contributed by atoms with Crippen molar-refractivity contribution < 1.29 is 19.4 Å². The minimum absolute atomic E-state index is 0.0864. The first-order valence-corrected chi connectivity index (χ1v) is 6.57. The summed E-state index contributed by atoms with van der Waals surface area (Å²) in [5, 5.41) is 13.6. The Bertz CT molecular complexity index is 431. The van der Waals surface area contributed by atoms with Gasteiger partial charge in [0.15, 0.2) is 0 Å². The van der Waals surface area contributed by atoms with Crippen LogP contribution in [0.1, 0.15) is 25.3 Å². The predicted molar refractivity (Wildman–Crippen MR) is 74.7 cm³/mol. The van der Waals surface area contributed by atoms with Gasteiger partial charge in [0, 0.05) is 13.1 Å². The summed E-state index contributed by atoms with van der Waals surface area (Å²) in [6.45, 7) is 3.22. The van der Waals surface area contributed by atoms with Crippen LogP contribution in [0.5, 0.6) is 5.75 Å². The van der Waals surface area contributed by atoms with Gasteiger partial charge in [0.2, 0.25) is 0 Å². The molecule has 0 aliphatic rings. The summed E-state index contributed by atoms with van der Waals surface area (Å²) in [6.07, 6.45) is 0.872. The van der Waals surface area contributed by atoms with Crippen molar-refractivity contribution in [2.45, 2.75) is 26.3 Å². The van der Waals surface area contributed by atoms with E-state index in [2.05, 4.69) is 10.6 Å². The van der Waals surface area contributed by atoms with Crippen LogP contribution < -0.4 is 15.4 Å². The highest BCUT2D eigenvalue weighted by atomic mass is 16.5. The fraction of sp³-hybridized carbons (Fsp3) is 0.429. The maximum atomic E-state index is 11.4. The molecule has 0 saturated carbocycles. The Kier molecular flexibility index (Phi) is 6.95. The number of carboxylic acids is 1. The van der Waals surface area contributed by atoms with Gasteiger partial charge in [-0.2, -0.15) is 0 Å². The van der Waals surface area contributed by atoms with Crippen LogP contribution in [0.2, 0.25) is 0 Å². The third-order valence-electron chi connectivity index (χ3n) is 2.47. The monoisotopic (exact) mass is 280 g/mol. The maximum absolute atomic E-state index is 11.4. The normalized spacial score (nSPS) is 9.85. The van der Waals surface area contributed by atoms with Gasteiger partial charge in [-0.25, -0.2) is 4.79 Å². The van der Waals surface area contributed by atoms with Crippen LogP contribution in [0.25, 0.3) is 0 Å². The number of nitrogens with one attached hydrogen (secondary N) is 2. The van der Waals surface area contributed by atoms with Gasteiger partial charge in [0.25, 0.3) is 0 Å². The van der Waals surface area contributed by atoms with Crippen LogP contribution in [0.15, 0.2) is 24.3 Å². The van der Waals surface area contributed by atoms with E-state index in [0.29, 0.717) is 13.2 Å². The number of ether oxygens (including phenoxy) is 1. The zero-order chi connectivity index (χ0) is 14.8. The SMILES string of the molecule is CCCOc1ccc(CNC(=O)NCCC(=O)O)cc1. The predicted octanol–water partition coefficient (Wildman–Crippen LogP) is 1.75. The Morgan fingerprint density at radius 3 is 2.50 bits per heavy atom. The summed E-state index contributed by atoms with van der Waals surface area (Å²) in [5.41, 5.74) is 0.947. The van der Waals surface area contributed by atoms with E-state index in [9.17, 15) is 9.59 Å². The summed E-state index contributed by atoms with van der Waals surface area (Å²) >= 11 is 0. The van der Waals surface area contributed by atoms with Crippen LogP contribution in [0.3, 0.4) is 0 Å². The van der Waals surface area contributed by atoms with Crippen molar-refractivity contribution in [1.82, 2.24) is 10.6 Å². The minimum atomic E-state index is -0.937. The summed E-state index contributed by atoms with van der Waals surface area (Å²) in [7, 11) is 0. The lowest BCUT2D eigenvalue weighted by Crippen LogP contribution is -2.36. The van der Waals surface area contributed by atoms with Crippen LogP contribution in [0, 0.1) is 0 Å². The van der Waals surface area contributed by atoms with Crippen molar-refractivity contribution in [2.24, 2.45) is 0 Å². The van der Waals surface area contributed by atoms with Crippen molar-refractivity contribution in [3.63, 3.8) is 0 Å². The topological polar surface area (TPSA) is 87.7 Å². The van der Waals surface area contributed by atoms with E-state index >= 15 is 0 Å². The van der Waals surface area contributed by atoms with Gasteiger partial charge in [-0.05, 0) is 24.1 Å². The molecule has 6 heteroatoms. The average Bonchev–Trinajstić information content (AvgIpc) is 2.43. The number of benzene rings is 1. The van der Waals surface area contributed by atoms with Gasteiger partial charge in [0.1, 0.15) is 5.75 Å². The molecule has 0 atom stereocenters. The number of carbonyl (C=O) groups is 2. The van der Waals surface area contributed by atoms with Crippen LogP contribution in [-0.2, 0) is 11.3 Å². The maximum Gasteiger partial charge on any atom is 0.315 e. The van der Waals surface area contributed by atoms with Crippen molar-refractivity contribution >= 4 is 12.0 Å². The van der Waals surface area contributed by atoms with E-state index in [4.69, 9.17) is 9.84 Å². The lowest BCUT2D eigenvalue weighted by Gasteiger charge is -2.08. The molecule has 1 aromatic carbocycles. The standard InChI is InChI=1S/C14H20N2O4/c1-2-9-20-12-5-3-11(4-6-12)10-16-14(19)15-8-7-13(17)18/h3-6H,2,7-10H2,1H3,(H,17,18)(H2,15,16,19). The number of hydrogen-bond acceptors (Lipinski definition) is 3. The minimum Gasteiger partial charge on any atom is -0.494 e. The van der Waals surface area contributed by atoms with Crippen LogP contribution in [0.4, 0.5) is 4.79 Å². The van der Waals surface area contributed by atoms with Crippen LogP contribution >= 0.6 is 0 Å². The quantitative estimate of drug-likeness (QED) is 0.677. The Morgan fingerprint density at radius 2 is 1.90 bits per heavy atom. The molecular weight excluding hydrogens is 260 g/mol. The molecular formula is C14H20N2O4. The third-order valence-corrected chi connectivity index (χ3v) is 2.47. The van der Waals surface area contributed by atoms with Crippen molar-refractivity contribution in [3.05, 3.63) is 29.8 Å². The first-order valence-electron chi connectivity index (χ1n) is 6.57. The zero-order valence-electron chi connectivity index (χ0n) is 11.5. The molecule has 3 N–H and O–H groups in total. The molecule has 1 aromatic rings. The zero-order valence-corrected chi connectivity index (χ0v) is 11.5. The molecule has 0 aliphatic heterocycles.